The highest BCUT2D eigenvalue weighted by Crippen LogP contribution is 2.39. The highest BCUT2D eigenvalue weighted by molar-refractivity contribution is 6.08. The first-order valence-electron chi connectivity index (χ1n) is 13.0. The van der Waals surface area contributed by atoms with Gasteiger partial charge in [-0.2, -0.15) is 5.10 Å². The highest BCUT2D eigenvalue weighted by Gasteiger charge is 2.33. The molecule has 1 amide bonds. The van der Waals surface area contributed by atoms with Crippen LogP contribution in [0.15, 0.2) is 17.4 Å². The van der Waals surface area contributed by atoms with Gasteiger partial charge in [0.2, 0.25) is 5.91 Å². The molecule has 10 nitrogen and oxygen atoms in total. The SMILES string of the molecule is CC(=O)N1CCc2c(c(N3CCCc4nc(/C(C=NC(C)C)=C/N)ncc43)nn2C2CCOCC2)C1. The Morgan fingerprint density at radius 1 is 1.25 bits per heavy atom. The first-order chi connectivity index (χ1) is 17.5. The van der Waals surface area contributed by atoms with Gasteiger partial charge in [-0.05, 0) is 39.5 Å². The van der Waals surface area contributed by atoms with Gasteiger partial charge in [-0.25, -0.2) is 9.97 Å². The molecule has 2 aromatic rings. The van der Waals surface area contributed by atoms with Crippen molar-refractivity contribution in [1.29, 1.82) is 0 Å². The smallest absolute Gasteiger partial charge is 0.219 e. The quantitative estimate of drug-likeness (QED) is 0.638. The topological polar surface area (TPSA) is 115 Å². The van der Waals surface area contributed by atoms with Crippen LogP contribution in [0.5, 0.6) is 0 Å². The van der Waals surface area contributed by atoms with Crippen molar-refractivity contribution in [3.05, 3.63) is 35.2 Å². The van der Waals surface area contributed by atoms with Gasteiger partial charge in [-0.15, -0.1) is 0 Å². The lowest BCUT2D eigenvalue weighted by molar-refractivity contribution is -0.129. The van der Waals surface area contributed by atoms with Gasteiger partial charge in [0, 0.05) is 69.4 Å². The second-order valence-corrected chi connectivity index (χ2v) is 10.0. The van der Waals surface area contributed by atoms with E-state index in [2.05, 4.69) is 19.6 Å². The van der Waals surface area contributed by atoms with Crippen LogP contribution in [0.25, 0.3) is 5.57 Å². The number of fused-ring (bicyclic) bond motifs is 2. The largest absolute Gasteiger partial charge is 0.404 e. The first-order valence-corrected chi connectivity index (χ1v) is 13.0. The number of allylic oxidation sites excluding steroid dienone is 1. The zero-order chi connectivity index (χ0) is 25.2. The Bertz CT molecular complexity index is 1180. The van der Waals surface area contributed by atoms with Crippen LogP contribution in [0, 0.1) is 0 Å². The predicted molar refractivity (Wildman–Crippen MR) is 139 cm³/mol. The molecule has 2 aromatic heterocycles. The summed E-state index contributed by atoms with van der Waals surface area (Å²) in [5.74, 6) is 1.61. The Morgan fingerprint density at radius 2 is 2.06 bits per heavy atom. The fourth-order valence-electron chi connectivity index (χ4n) is 5.25. The summed E-state index contributed by atoms with van der Waals surface area (Å²) in [4.78, 5) is 30.4. The lowest BCUT2D eigenvalue weighted by Crippen LogP contribution is -2.36. The van der Waals surface area contributed by atoms with Crippen molar-refractivity contribution in [3.63, 3.8) is 0 Å². The molecule has 5 rings (SSSR count). The molecule has 0 unspecified atom stereocenters. The Balaban J connectivity index is 1.53. The van der Waals surface area contributed by atoms with E-state index in [1.54, 1.807) is 13.1 Å². The molecule has 0 radical (unpaired) electrons. The molecular formula is C26H36N8O2. The van der Waals surface area contributed by atoms with Crippen molar-refractivity contribution in [1.82, 2.24) is 24.6 Å². The Labute approximate surface area is 212 Å². The molecular weight excluding hydrogens is 456 g/mol. The van der Waals surface area contributed by atoms with Crippen molar-refractivity contribution in [2.75, 3.05) is 31.2 Å². The van der Waals surface area contributed by atoms with Crippen LogP contribution < -0.4 is 10.6 Å². The number of hydrogen-bond acceptors (Lipinski definition) is 8. The van der Waals surface area contributed by atoms with Gasteiger partial charge in [0.25, 0.3) is 0 Å². The van der Waals surface area contributed by atoms with Crippen LogP contribution in [0.2, 0.25) is 0 Å². The van der Waals surface area contributed by atoms with E-state index in [-0.39, 0.29) is 11.9 Å². The number of carbonyl (C=O) groups excluding carboxylic acids is 1. The molecule has 36 heavy (non-hydrogen) atoms. The third-order valence-electron chi connectivity index (χ3n) is 7.18. The van der Waals surface area contributed by atoms with E-state index >= 15 is 0 Å². The van der Waals surface area contributed by atoms with Crippen molar-refractivity contribution >= 4 is 29.2 Å². The Kier molecular flexibility index (Phi) is 7.04. The summed E-state index contributed by atoms with van der Waals surface area (Å²) in [6.07, 6.45) is 9.69. The van der Waals surface area contributed by atoms with Gasteiger partial charge < -0.3 is 20.3 Å². The minimum absolute atomic E-state index is 0.0987. The summed E-state index contributed by atoms with van der Waals surface area (Å²) in [6, 6.07) is 0.491. The number of aromatic nitrogens is 4. The fraction of sp³-hybridized carbons (Fsp3) is 0.577. The van der Waals surface area contributed by atoms with E-state index in [9.17, 15) is 4.79 Å². The van der Waals surface area contributed by atoms with E-state index in [1.807, 2.05) is 24.9 Å². The number of ether oxygens (including phenoxy) is 1. The number of nitrogens with two attached hydrogens (primary N) is 1. The Hall–Kier alpha value is -3.27. The summed E-state index contributed by atoms with van der Waals surface area (Å²) in [5.41, 5.74) is 10.9. The number of aliphatic imine (C=N–C) groups is 1. The van der Waals surface area contributed by atoms with E-state index in [0.29, 0.717) is 24.0 Å². The van der Waals surface area contributed by atoms with Gasteiger partial charge in [0.15, 0.2) is 11.6 Å². The lowest BCUT2D eigenvalue weighted by Gasteiger charge is -2.32. The molecule has 0 aliphatic carbocycles. The van der Waals surface area contributed by atoms with E-state index < -0.39 is 0 Å². The fourth-order valence-corrected chi connectivity index (χ4v) is 5.25. The standard InChI is InChI=1S/C26H36N8O2/c1-17(2)28-14-19(13-27)25-29-15-24-22(30-25)5-4-9-33(24)26-21-16-32(18(3)35)10-6-23(21)34(31-26)20-7-11-36-12-8-20/h13-15,17,20H,4-12,16,27H2,1-3H3/b19-13+,28-14?. The summed E-state index contributed by atoms with van der Waals surface area (Å²) in [7, 11) is 0. The minimum atomic E-state index is 0.0987. The molecule has 0 aromatic carbocycles. The second-order valence-electron chi connectivity index (χ2n) is 10.0. The molecule has 3 aliphatic rings. The number of anilines is 2. The maximum absolute atomic E-state index is 12.3. The molecule has 0 bridgehead atoms. The monoisotopic (exact) mass is 492 g/mol. The number of aryl methyl sites for hydroxylation is 1. The maximum Gasteiger partial charge on any atom is 0.219 e. The predicted octanol–water partition coefficient (Wildman–Crippen LogP) is 2.79. The summed E-state index contributed by atoms with van der Waals surface area (Å²) >= 11 is 0. The van der Waals surface area contributed by atoms with Gasteiger partial charge in [-0.1, -0.05) is 0 Å². The van der Waals surface area contributed by atoms with Crippen LogP contribution in [0.4, 0.5) is 11.5 Å². The second kappa shape index (κ2) is 10.4. The molecule has 1 saturated heterocycles. The van der Waals surface area contributed by atoms with E-state index in [0.717, 1.165) is 81.2 Å². The number of rotatable bonds is 5. The summed E-state index contributed by atoms with van der Waals surface area (Å²) in [6.45, 7) is 9.34. The third-order valence-corrected chi connectivity index (χ3v) is 7.18. The highest BCUT2D eigenvalue weighted by atomic mass is 16.5. The van der Waals surface area contributed by atoms with Crippen LogP contribution in [-0.4, -0.2) is 69.1 Å². The molecule has 5 heterocycles. The van der Waals surface area contributed by atoms with Crippen molar-refractivity contribution < 1.29 is 9.53 Å². The van der Waals surface area contributed by atoms with Crippen LogP contribution in [0.3, 0.4) is 0 Å². The van der Waals surface area contributed by atoms with E-state index in [4.69, 9.17) is 20.6 Å². The van der Waals surface area contributed by atoms with Gasteiger partial charge in [-0.3, -0.25) is 14.5 Å². The van der Waals surface area contributed by atoms with Crippen molar-refractivity contribution in [2.24, 2.45) is 10.7 Å². The van der Waals surface area contributed by atoms with Gasteiger partial charge in [0.1, 0.15) is 0 Å². The van der Waals surface area contributed by atoms with Crippen LogP contribution in [0.1, 0.15) is 68.9 Å². The number of hydrogen-bond donors (Lipinski definition) is 1. The molecule has 0 saturated carbocycles. The molecule has 0 atom stereocenters. The number of carbonyl (C=O) groups is 1. The molecule has 2 N–H and O–H groups in total. The maximum atomic E-state index is 12.3. The number of nitrogens with zero attached hydrogens (tertiary/aromatic N) is 7. The van der Waals surface area contributed by atoms with Gasteiger partial charge in [0.05, 0.1) is 35.7 Å². The third kappa shape index (κ3) is 4.74. The molecule has 1 fully saturated rings. The van der Waals surface area contributed by atoms with Crippen molar-refractivity contribution in [2.45, 2.75) is 71.5 Å². The van der Waals surface area contributed by atoms with E-state index in [1.165, 1.54) is 11.9 Å². The molecule has 0 spiro atoms. The first kappa shape index (κ1) is 24.4. The average molecular weight is 493 g/mol. The molecule has 192 valence electrons. The van der Waals surface area contributed by atoms with Crippen LogP contribution >= 0.6 is 0 Å². The average Bonchev–Trinajstić information content (AvgIpc) is 3.27. The molecule has 10 heteroatoms. The normalized spacial score (nSPS) is 19.2. The zero-order valence-corrected chi connectivity index (χ0v) is 21.5. The Morgan fingerprint density at radius 3 is 2.78 bits per heavy atom. The number of amides is 1. The lowest BCUT2D eigenvalue weighted by atomic mass is 10.0. The van der Waals surface area contributed by atoms with Gasteiger partial charge >= 0.3 is 0 Å². The summed E-state index contributed by atoms with van der Waals surface area (Å²) < 4.78 is 7.84. The van der Waals surface area contributed by atoms with Crippen LogP contribution in [-0.2, 0) is 28.9 Å². The molecule has 3 aliphatic heterocycles. The van der Waals surface area contributed by atoms with Crippen molar-refractivity contribution in [3.8, 4) is 0 Å². The zero-order valence-electron chi connectivity index (χ0n) is 21.5. The minimum Gasteiger partial charge on any atom is -0.404 e. The summed E-state index contributed by atoms with van der Waals surface area (Å²) in [5, 5.41) is 5.20.